The number of halogens is 1. The largest absolute Gasteiger partial charge is 0.379 e. The van der Waals surface area contributed by atoms with Crippen LogP contribution in [0.3, 0.4) is 0 Å². The number of hydrogen-bond donors (Lipinski definition) is 1. The highest BCUT2D eigenvalue weighted by Crippen LogP contribution is 2.30. The summed E-state index contributed by atoms with van der Waals surface area (Å²) in [4.78, 5) is 12.2. The van der Waals surface area contributed by atoms with E-state index < -0.39 is 0 Å². The average molecular weight is 270 g/mol. The fourth-order valence-corrected chi connectivity index (χ4v) is 1.85. The van der Waals surface area contributed by atoms with Crippen LogP contribution in [0.15, 0.2) is 11.0 Å². The summed E-state index contributed by atoms with van der Waals surface area (Å²) in [5.41, 5.74) is 0.460. The Hall–Kier alpha value is -1.03. The molecule has 1 heterocycles. The van der Waals surface area contributed by atoms with Crippen molar-refractivity contribution in [2.24, 2.45) is 11.3 Å². The smallest absolute Gasteiger partial charge is 0.291 e. The van der Waals surface area contributed by atoms with E-state index in [1.54, 1.807) is 6.20 Å². The van der Waals surface area contributed by atoms with Crippen LogP contribution in [0, 0.1) is 11.3 Å². The van der Waals surface area contributed by atoms with Crippen LogP contribution in [0.5, 0.6) is 0 Å². The molecule has 0 saturated heterocycles. The summed E-state index contributed by atoms with van der Waals surface area (Å²) < 4.78 is 1.52. The molecule has 1 saturated carbocycles. The van der Waals surface area contributed by atoms with Crippen LogP contribution in [0.2, 0.25) is 5.02 Å². The second kappa shape index (κ2) is 4.92. The molecule has 100 valence electrons. The predicted molar refractivity (Wildman–Crippen MR) is 74.2 cm³/mol. The van der Waals surface area contributed by atoms with Gasteiger partial charge in [0.25, 0.3) is 5.56 Å². The molecule has 0 bridgehead atoms. The van der Waals surface area contributed by atoms with Crippen molar-refractivity contribution < 1.29 is 0 Å². The maximum atomic E-state index is 12.2. The van der Waals surface area contributed by atoms with Gasteiger partial charge in [-0.05, 0) is 24.2 Å². The van der Waals surface area contributed by atoms with E-state index in [0.717, 1.165) is 0 Å². The minimum absolute atomic E-state index is 0.0976. The Morgan fingerprint density at radius 1 is 1.50 bits per heavy atom. The summed E-state index contributed by atoms with van der Waals surface area (Å²) in [6.45, 7) is 7.74. The van der Waals surface area contributed by atoms with Gasteiger partial charge in [0.15, 0.2) is 0 Å². The number of hydrogen-bond acceptors (Lipinski definition) is 3. The Balaban J connectivity index is 2.19. The van der Waals surface area contributed by atoms with Crippen molar-refractivity contribution in [1.29, 1.82) is 0 Å². The summed E-state index contributed by atoms with van der Waals surface area (Å²) in [6, 6.07) is 0. The number of aromatic nitrogens is 2. The quantitative estimate of drug-likeness (QED) is 0.914. The molecule has 1 fully saturated rings. The molecule has 0 amide bonds. The molecule has 1 aliphatic carbocycles. The van der Waals surface area contributed by atoms with Crippen molar-refractivity contribution in [3.63, 3.8) is 0 Å². The Labute approximate surface area is 112 Å². The van der Waals surface area contributed by atoms with E-state index >= 15 is 0 Å². The predicted octanol–water partition coefficient (Wildman–Crippen LogP) is 2.76. The Bertz CT molecular complexity index is 486. The van der Waals surface area contributed by atoms with Gasteiger partial charge in [-0.1, -0.05) is 32.4 Å². The molecule has 0 aromatic carbocycles. The molecule has 1 aliphatic rings. The van der Waals surface area contributed by atoms with Crippen molar-refractivity contribution in [2.45, 2.75) is 40.2 Å². The highest BCUT2D eigenvalue weighted by molar-refractivity contribution is 6.32. The highest BCUT2D eigenvalue weighted by Gasteiger charge is 2.23. The van der Waals surface area contributed by atoms with Crippen molar-refractivity contribution in [1.82, 2.24) is 9.78 Å². The van der Waals surface area contributed by atoms with Gasteiger partial charge in [-0.25, -0.2) is 4.68 Å². The zero-order valence-electron chi connectivity index (χ0n) is 11.2. The number of nitrogens with zero attached hydrogens (tertiary/aromatic N) is 2. The van der Waals surface area contributed by atoms with Crippen molar-refractivity contribution in [3.05, 3.63) is 21.6 Å². The lowest BCUT2D eigenvalue weighted by molar-refractivity contribution is 0.442. The van der Waals surface area contributed by atoms with Gasteiger partial charge in [-0.3, -0.25) is 4.79 Å². The lowest BCUT2D eigenvalue weighted by atomic mass is 9.97. The average Bonchev–Trinajstić information content (AvgIpc) is 3.04. The first-order valence-electron chi connectivity index (χ1n) is 6.36. The van der Waals surface area contributed by atoms with E-state index in [1.165, 1.54) is 17.5 Å². The van der Waals surface area contributed by atoms with Gasteiger partial charge in [0.05, 0.1) is 11.2 Å². The van der Waals surface area contributed by atoms with Crippen LogP contribution in [-0.2, 0) is 6.54 Å². The Kier molecular flexibility index (Phi) is 3.66. The number of rotatable bonds is 4. The van der Waals surface area contributed by atoms with E-state index in [9.17, 15) is 4.79 Å². The zero-order chi connectivity index (χ0) is 13.3. The molecule has 0 unspecified atom stereocenters. The molecule has 4 nitrogen and oxygen atoms in total. The van der Waals surface area contributed by atoms with Gasteiger partial charge in [0.1, 0.15) is 5.69 Å². The standard InChI is InChI=1S/C13H20ClN3O/c1-13(2,3)8-15-11-10(14)6-16-17(12(11)18)7-9-4-5-9/h6,9,15H,4-5,7-8H2,1-3H3. The van der Waals surface area contributed by atoms with Crippen molar-refractivity contribution >= 4 is 17.3 Å². The molecule has 2 rings (SSSR count). The van der Waals surface area contributed by atoms with Crippen molar-refractivity contribution in [2.75, 3.05) is 11.9 Å². The molecular weight excluding hydrogens is 250 g/mol. The molecule has 0 aliphatic heterocycles. The van der Waals surface area contributed by atoms with E-state index in [2.05, 4.69) is 31.2 Å². The lowest BCUT2D eigenvalue weighted by Crippen LogP contribution is -2.29. The second-order valence-corrected chi connectivity index (χ2v) is 6.62. The van der Waals surface area contributed by atoms with Crippen molar-refractivity contribution in [3.8, 4) is 0 Å². The summed E-state index contributed by atoms with van der Waals surface area (Å²) in [6.07, 6.45) is 3.94. The number of nitrogens with one attached hydrogen (secondary N) is 1. The Morgan fingerprint density at radius 3 is 2.72 bits per heavy atom. The topological polar surface area (TPSA) is 46.9 Å². The van der Waals surface area contributed by atoms with Gasteiger partial charge in [0, 0.05) is 13.1 Å². The summed E-state index contributed by atoms with van der Waals surface area (Å²) >= 11 is 6.04. The normalized spacial score (nSPS) is 15.8. The molecule has 0 spiro atoms. The van der Waals surface area contributed by atoms with Crippen LogP contribution in [0.1, 0.15) is 33.6 Å². The van der Waals surface area contributed by atoms with Gasteiger partial charge in [-0.2, -0.15) is 5.10 Å². The molecule has 0 radical (unpaired) electrons. The van der Waals surface area contributed by atoms with E-state index in [-0.39, 0.29) is 11.0 Å². The fraction of sp³-hybridized carbons (Fsp3) is 0.692. The van der Waals surface area contributed by atoms with Gasteiger partial charge < -0.3 is 5.32 Å². The van der Waals surface area contributed by atoms with Gasteiger partial charge in [0.2, 0.25) is 0 Å². The maximum Gasteiger partial charge on any atom is 0.291 e. The zero-order valence-corrected chi connectivity index (χ0v) is 11.9. The third-order valence-electron chi connectivity index (χ3n) is 2.92. The van der Waals surface area contributed by atoms with Crippen LogP contribution in [0.4, 0.5) is 5.69 Å². The second-order valence-electron chi connectivity index (χ2n) is 6.21. The minimum atomic E-state index is -0.112. The molecular formula is C13H20ClN3O. The SMILES string of the molecule is CC(C)(C)CNc1c(Cl)cnn(CC2CC2)c1=O. The van der Waals surface area contributed by atoms with Crippen LogP contribution < -0.4 is 10.9 Å². The van der Waals surface area contributed by atoms with Crippen LogP contribution >= 0.6 is 11.6 Å². The maximum absolute atomic E-state index is 12.2. The summed E-state index contributed by atoms with van der Waals surface area (Å²) in [7, 11) is 0. The number of anilines is 1. The van der Waals surface area contributed by atoms with Gasteiger partial charge >= 0.3 is 0 Å². The molecule has 0 atom stereocenters. The van der Waals surface area contributed by atoms with Crippen LogP contribution in [-0.4, -0.2) is 16.3 Å². The van der Waals surface area contributed by atoms with Crippen LogP contribution in [0.25, 0.3) is 0 Å². The summed E-state index contributed by atoms with van der Waals surface area (Å²) in [5.74, 6) is 0.617. The highest BCUT2D eigenvalue weighted by atomic mass is 35.5. The molecule has 5 heteroatoms. The summed E-state index contributed by atoms with van der Waals surface area (Å²) in [5, 5.41) is 7.64. The van der Waals surface area contributed by atoms with E-state index in [4.69, 9.17) is 11.6 Å². The minimum Gasteiger partial charge on any atom is -0.379 e. The first kappa shape index (κ1) is 13.4. The lowest BCUT2D eigenvalue weighted by Gasteiger charge is -2.20. The monoisotopic (exact) mass is 269 g/mol. The molecule has 1 aromatic rings. The molecule has 18 heavy (non-hydrogen) atoms. The van der Waals surface area contributed by atoms with E-state index in [1.807, 2.05) is 0 Å². The first-order chi connectivity index (χ1) is 8.37. The fourth-order valence-electron chi connectivity index (χ4n) is 1.66. The first-order valence-corrected chi connectivity index (χ1v) is 6.74. The van der Waals surface area contributed by atoms with E-state index in [0.29, 0.717) is 29.7 Å². The molecule has 1 aromatic heterocycles. The third-order valence-corrected chi connectivity index (χ3v) is 3.21. The van der Waals surface area contributed by atoms with Gasteiger partial charge in [-0.15, -0.1) is 0 Å². The third kappa shape index (κ3) is 3.48. The Morgan fingerprint density at radius 2 is 2.17 bits per heavy atom. The molecule has 1 N–H and O–H groups in total.